The fraction of sp³-hybridized carbons (Fsp3) is 0.182. The number of halogens is 1. The van der Waals surface area contributed by atoms with Crippen LogP contribution in [0.1, 0.15) is 0 Å². The first-order valence-electron chi connectivity index (χ1n) is 4.91. The number of anilines is 1. The van der Waals surface area contributed by atoms with Crippen LogP contribution in [0.4, 0.5) is 5.69 Å². The van der Waals surface area contributed by atoms with Crippen LogP contribution in [-0.2, 0) is 6.54 Å². The molecule has 0 fully saturated rings. The summed E-state index contributed by atoms with van der Waals surface area (Å²) in [5.41, 5.74) is 6.59. The molecule has 2 aromatic rings. The van der Waals surface area contributed by atoms with Gasteiger partial charge in [0, 0.05) is 33.8 Å². The van der Waals surface area contributed by atoms with Crippen molar-refractivity contribution in [3.63, 3.8) is 0 Å². The minimum atomic E-state index is 0.675. The highest BCUT2D eigenvalue weighted by atomic mass is 35.5. The van der Waals surface area contributed by atoms with Gasteiger partial charge in [0.2, 0.25) is 0 Å². The second kappa shape index (κ2) is 5.27. The normalized spacial score (nSPS) is 10.6. The Morgan fingerprint density at radius 1 is 1.44 bits per heavy atom. The summed E-state index contributed by atoms with van der Waals surface area (Å²) in [5, 5.41) is 4.81. The first-order valence-corrected chi connectivity index (χ1v) is 6.27. The van der Waals surface area contributed by atoms with Gasteiger partial charge < -0.3 is 5.73 Å². The molecule has 1 aromatic heterocycles. The van der Waals surface area contributed by atoms with Crippen LogP contribution in [0.5, 0.6) is 0 Å². The van der Waals surface area contributed by atoms with E-state index in [4.69, 9.17) is 17.3 Å². The van der Waals surface area contributed by atoms with Crippen molar-refractivity contribution < 1.29 is 0 Å². The Morgan fingerprint density at radius 3 is 3.00 bits per heavy atom. The smallest absolute Gasteiger partial charge is 0.0503 e. The summed E-state index contributed by atoms with van der Waals surface area (Å²) < 4.78 is 1.90. The number of nitrogen functional groups attached to an aromatic ring is 1. The molecule has 1 aromatic carbocycles. The zero-order valence-corrected chi connectivity index (χ0v) is 10.2. The van der Waals surface area contributed by atoms with Gasteiger partial charge in [-0.1, -0.05) is 11.6 Å². The van der Waals surface area contributed by atoms with E-state index in [0.29, 0.717) is 5.02 Å². The average Bonchev–Trinajstić information content (AvgIpc) is 2.74. The van der Waals surface area contributed by atoms with Gasteiger partial charge >= 0.3 is 0 Å². The summed E-state index contributed by atoms with van der Waals surface area (Å²) in [5.74, 6) is 0.938. The number of aryl methyl sites for hydroxylation is 1. The number of nitrogens with two attached hydrogens (primary N) is 1. The molecular formula is C11H12ClN3S. The zero-order valence-electron chi connectivity index (χ0n) is 8.64. The van der Waals surface area contributed by atoms with Gasteiger partial charge in [0.25, 0.3) is 0 Å². The van der Waals surface area contributed by atoms with Gasteiger partial charge in [0.1, 0.15) is 0 Å². The van der Waals surface area contributed by atoms with Crippen LogP contribution in [0.3, 0.4) is 0 Å². The third-order valence-corrected chi connectivity index (χ3v) is 3.41. The largest absolute Gasteiger partial charge is 0.398 e. The van der Waals surface area contributed by atoms with Crippen molar-refractivity contribution in [2.24, 2.45) is 0 Å². The lowest BCUT2D eigenvalue weighted by atomic mass is 10.3. The predicted octanol–water partition coefficient (Wildman–Crippen LogP) is 2.91. The van der Waals surface area contributed by atoms with E-state index in [0.717, 1.165) is 22.9 Å². The number of thioether (sulfide) groups is 1. The van der Waals surface area contributed by atoms with Crippen LogP contribution >= 0.6 is 23.4 Å². The molecule has 16 heavy (non-hydrogen) atoms. The van der Waals surface area contributed by atoms with Gasteiger partial charge in [-0.25, -0.2) is 0 Å². The van der Waals surface area contributed by atoms with Crippen LogP contribution in [0.2, 0.25) is 5.02 Å². The molecule has 0 saturated heterocycles. The Hall–Kier alpha value is -1.13. The standard InChI is InChI=1S/C11H12ClN3S/c12-9-2-3-11(10(13)8-9)16-7-6-15-5-1-4-14-15/h1-5,8H,6-7,13H2. The molecule has 0 unspecified atom stereocenters. The fourth-order valence-electron chi connectivity index (χ4n) is 1.33. The molecule has 5 heteroatoms. The van der Waals surface area contributed by atoms with Crippen LogP contribution in [0.15, 0.2) is 41.6 Å². The summed E-state index contributed by atoms with van der Waals surface area (Å²) in [6.07, 6.45) is 3.73. The highest BCUT2D eigenvalue weighted by molar-refractivity contribution is 7.99. The Kier molecular flexibility index (Phi) is 3.74. The van der Waals surface area contributed by atoms with Crippen LogP contribution in [0.25, 0.3) is 0 Å². The number of aromatic nitrogens is 2. The predicted molar refractivity (Wildman–Crippen MR) is 68.8 cm³/mol. The van der Waals surface area contributed by atoms with Gasteiger partial charge in [-0.3, -0.25) is 4.68 Å². The number of benzene rings is 1. The monoisotopic (exact) mass is 253 g/mol. The number of rotatable bonds is 4. The maximum atomic E-state index is 5.85. The molecular weight excluding hydrogens is 242 g/mol. The van der Waals surface area contributed by atoms with E-state index in [1.54, 1.807) is 24.0 Å². The fourth-order valence-corrected chi connectivity index (χ4v) is 2.40. The molecule has 2 N–H and O–H groups in total. The Bertz CT molecular complexity index is 456. The highest BCUT2D eigenvalue weighted by Crippen LogP contribution is 2.27. The van der Waals surface area contributed by atoms with Crippen LogP contribution in [0, 0.1) is 0 Å². The first-order chi connectivity index (χ1) is 7.75. The average molecular weight is 254 g/mol. The molecule has 84 valence electrons. The minimum Gasteiger partial charge on any atom is -0.398 e. The molecule has 0 aliphatic heterocycles. The van der Waals surface area contributed by atoms with Crippen molar-refractivity contribution in [1.82, 2.24) is 9.78 Å². The molecule has 0 aliphatic carbocycles. The number of nitrogens with zero attached hydrogens (tertiary/aromatic N) is 2. The van der Waals surface area contributed by atoms with E-state index in [1.165, 1.54) is 0 Å². The van der Waals surface area contributed by atoms with E-state index in [-0.39, 0.29) is 0 Å². The van der Waals surface area contributed by atoms with E-state index in [9.17, 15) is 0 Å². The maximum absolute atomic E-state index is 5.85. The third kappa shape index (κ3) is 2.93. The summed E-state index contributed by atoms with van der Waals surface area (Å²) in [4.78, 5) is 1.07. The van der Waals surface area contributed by atoms with E-state index in [1.807, 2.05) is 29.1 Å². The number of hydrogen-bond donors (Lipinski definition) is 1. The molecule has 1 heterocycles. The van der Waals surface area contributed by atoms with Crippen molar-refractivity contribution in [2.75, 3.05) is 11.5 Å². The quantitative estimate of drug-likeness (QED) is 0.673. The lowest BCUT2D eigenvalue weighted by molar-refractivity contribution is 0.666. The number of hydrogen-bond acceptors (Lipinski definition) is 3. The van der Waals surface area contributed by atoms with Crippen LogP contribution < -0.4 is 5.73 Å². The van der Waals surface area contributed by atoms with E-state index in [2.05, 4.69) is 5.10 Å². The molecule has 0 radical (unpaired) electrons. The van der Waals surface area contributed by atoms with E-state index < -0.39 is 0 Å². The van der Waals surface area contributed by atoms with Gasteiger partial charge in [-0.2, -0.15) is 5.10 Å². The molecule has 0 atom stereocenters. The Labute approximate surface area is 104 Å². The minimum absolute atomic E-state index is 0.675. The van der Waals surface area contributed by atoms with Gasteiger partial charge in [-0.05, 0) is 24.3 Å². The van der Waals surface area contributed by atoms with Crippen molar-refractivity contribution in [2.45, 2.75) is 11.4 Å². The van der Waals surface area contributed by atoms with Crippen LogP contribution in [-0.4, -0.2) is 15.5 Å². The summed E-state index contributed by atoms with van der Waals surface area (Å²) in [6.45, 7) is 0.875. The summed E-state index contributed by atoms with van der Waals surface area (Å²) >= 11 is 7.54. The van der Waals surface area contributed by atoms with E-state index >= 15 is 0 Å². The Morgan fingerprint density at radius 2 is 2.31 bits per heavy atom. The van der Waals surface area contributed by atoms with Crippen molar-refractivity contribution in [1.29, 1.82) is 0 Å². The zero-order chi connectivity index (χ0) is 11.4. The summed E-state index contributed by atoms with van der Waals surface area (Å²) in [7, 11) is 0. The maximum Gasteiger partial charge on any atom is 0.0503 e. The van der Waals surface area contributed by atoms with Crippen molar-refractivity contribution >= 4 is 29.1 Å². The highest BCUT2D eigenvalue weighted by Gasteiger charge is 2.00. The van der Waals surface area contributed by atoms with Gasteiger partial charge in [-0.15, -0.1) is 11.8 Å². The lowest BCUT2D eigenvalue weighted by Gasteiger charge is -2.05. The topological polar surface area (TPSA) is 43.8 Å². The molecule has 0 saturated carbocycles. The van der Waals surface area contributed by atoms with Crippen molar-refractivity contribution in [3.8, 4) is 0 Å². The van der Waals surface area contributed by atoms with Crippen molar-refractivity contribution in [3.05, 3.63) is 41.7 Å². The van der Waals surface area contributed by atoms with Gasteiger partial charge in [0.15, 0.2) is 0 Å². The first kappa shape index (κ1) is 11.4. The molecule has 0 amide bonds. The SMILES string of the molecule is Nc1cc(Cl)ccc1SCCn1cccn1. The Balaban J connectivity index is 1.90. The second-order valence-electron chi connectivity index (χ2n) is 3.30. The third-order valence-electron chi connectivity index (χ3n) is 2.11. The molecule has 2 rings (SSSR count). The molecule has 0 bridgehead atoms. The van der Waals surface area contributed by atoms with Gasteiger partial charge in [0.05, 0.1) is 6.54 Å². The molecule has 3 nitrogen and oxygen atoms in total. The molecule has 0 aliphatic rings. The lowest BCUT2D eigenvalue weighted by Crippen LogP contribution is -2.00. The second-order valence-corrected chi connectivity index (χ2v) is 4.87. The summed E-state index contributed by atoms with van der Waals surface area (Å²) in [6, 6.07) is 7.50. The molecule has 0 spiro atoms.